The summed E-state index contributed by atoms with van der Waals surface area (Å²) in [7, 11) is 0. The minimum atomic E-state index is -0.394. The van der Waals surface area contributed by atoms with Crippen LogP contribution in [0.3, 0.4) is 0 Å². The van der Waals surface area contributed by atoms with Gasteiger partial charge in [-0.1, -0.05) is 11.6 Å². The number of anilines is 1. The first-order chi connectivity index (χ1) is 12.5. The van der Waals surface area contributed by atoms with Crippen molar-refractivity contribution in [2.45, 2.75) is 32.2 Å². The third-order valence-corrected chi connectivity index (χ3v) is 5.56. The fourth-order valence-corrected chi connectivity index (χ4v) is 3.97. The number of halogens is 1. The molecule has 2 fully saturated rings. The highest BCUT2D eigenvalue weighted by molar-refractivity contribution is 6.30. The highest BCUT2D eigenvalue weighted by Gasteiger charge is 2.28. The van der Waals surface area contributed by atoms with E-state index in [4.69, 9.17) is 11.6 Å². The molecule has 8 heteroatoms. The molecule has 2 aliphatic heterocycles. The topological polar surface area (TPSA) is 69.9 Å². The molecule has 2 aliphatic rings. The molecule has 1 atom stereocenters. The van der Waals surface area contributed by atoms with Gasteiger partial charge in [-0.15, -0.1) is 0 Å². The second-order valence-corrected chi connectivity index (χ2v) is 7.52. The summed E-state index contributed by atoms with van der Waals surface area (Å²) >= 11 is 5.89. The van der Waals surface area contributed by atoms with Gasteiger partial charge in [0, 0.05) is 49.9 Å². The lowest BCUT2D eigenvalue weighted by atomic mass is 10.0. The van der Waals surface area contributed by atoms with E-state index in [1.54, 1.807) is 12.1 Å². The average Bonchev–Trinajstić information content (AvgIpc) is 2.62. The van der Waals surface area contributed by atoms with Gasteiger partial charge in [0.2, 0.25) is 5.91 Å². The molecular weight excluding hydrogens is 356 g/mol. The number of piperazine rings is 1. The number of carbonyl (C=O) groups is 1. The summed E-state index contributed by atoms with van der Waals surface area (Å²) in [4.78, 5) is 29.6. The van der Waals surface area contributed by atoms with Gasteiger partial charge in [-0.3, -0.25) is 19.8 Å². The van der Waals surface area contributed by atoms with Crippen LogP contribution in [0, 0.1) is 10.1 Å². The van der Waals surface area contributed by atoms with E-state index in [0.29, 0.717) is 49.5 Å². The summed E-state index contributed by atoms with van der Waals surface area (Å²) in [5.41, 5.74) is 0.624. The zero-order valence-corrected chi connectivity index (χ0v) is 15.8. The summed E-state index contributed by atoms with van der Waals surface area (Å²) in [5, 5.41) is 11.7. The molecule has 2 saturated heterocycles. The van der Waals surface area contributed by atoms with Crippen molar-refractivity contribution in [3.8, 4) is 0 Å². The SMILES string of the molecule is C[C@@H]1CCCCN1C(=O)CN1CCN(c2ccc(Cl)cc2[N+](=O)[O-])CC1. The van der Waals surface area contributed by atoms with Gasteiger partial charge in [0.05, 0.1) is 11.5 Å². The predicted octanol–water partition coefficient (Wildman–Crippen LogP) is 2.77. The lowest BCUT2D eigenvalue weighted by Gasteiger charge is -2.38. The Morgan fingerprint density at radius 1 is 1.23 bits per heavy atom. The van der Waals surface area contributed by atoms with Crippen LogP contribution < -0.4 is 4.90 Å². The molecule has 0 bridgehead atoms. The number of hydrogen-bond acceptors (Lipinski definition) is 5. The number of rotatable bonds is 4. The Morgan fingerprint density at radius 3 is 2.62 bits per heavy atom. The highest BCUT2D eigenvalue weighted by atomic mass is 35.5. The number of amides is 1. The summed E-state index contributed by atoms with van der Waals surface area (Å²) in [6.45, 7) is 6.16. The molecule has 1 amide bonds. The van der Waals surface area contributed by atoms with E-state index in [-0.39, 0.29) is 11.6 Å². The minimum Gasteiger partial charge on any atom is -0.363 e. The van der Waals surface area contributed by atoms with Crippen LogP contribution in [0.1, 0.15) is 26.2 Å². The molecule has 0 saturated carbocycles. The molecule has 0 aromatic heterocycles. The fourth-order valence-electron chi connectivity index (χ4n) is 3.81. The molecule has 0 N–H and O–H groups in total. The predicted molar refractivity (Wildman–Crippen MR) is 102 cm³/mol. The number of nitrogens with zero attached hydrogens (tertiary/aromatic N) is 4. The van der Waals surface area contributed by atoms with E-state index in [1.807, 2.05) is 9.80 Å². The van der Waals surface area contributed by atoms with Crippen LogP contribution >= 0.6 is 11.6 Å². The second-order valence-electron chi connectivity index (χ2n) is 7.09. The van der Waals surface area contributed by atoms with Gasteiger partial charge in [-0.2, -0.15) is 0 Å². The number of piperidine rings is 1. The van der Waals surface area contributed by atoms with Gasteiger partial charge in [-0.25, -0.2) is 0 Å². The molecular formula is C18H25ClN4O3. The zero-order valence-electron chi connectivity index (χ0n) is 15.1. The summed E-state index contributed by atoms with van der Waals surface area (Å²) in [6.07, 6.45) is 3.37. The van der Waals surface area contributed by atoms with Crippen molar-refractivity contribution in [2.24, 2.45) is 0 Å². The van der Waals surface area contributed by atoms with E-state index in [2.05, 4.69) is 11.8 Å². The summed E-state index contributed by atoms with van der Waals surface area (Å²) in [6, 6.07) is 5.10. The van der Waals surface area contributed by atoms with Crippen LogP contribution in [0.15, 0.2) is 18.2 Å². The molecule has 26 heavy (non-hydrogen) atoms. The largest absolute Gasteiger partial charge is 0.363 e. The van der Waals surface area contributed by atoms with Crippen molar-refractivity contribution >= 4 is 28.9 Å². The molecule has 1 aromatic rings. The maximum atomic E-state index is 12.6. The van der Waals surface area contributed by atoms with Crippen molar-refractivity contribution in [2.75, 3.05) is 44.2 Å². The number of benzene rings is 1. The smallest absolute Gasteiger partial charge is 0.294 e. The van der Waals surface area contributed by atoms with E-state index >= 15 is 0 Å². The number of nitro groups is 1. The molecule has 7 nitrogen and oxygen atoms in total. The normalized spacial score (nSPS) is 21.7. The summed E-state index contributed by atoms with van der Waals surface area (Å²) < 4.78 is 0. The van der Waals surface area contributed by atoms with Crippen molar-refractivity contribution in [3.05, 3.63) is 33.3 Å². The summed E-state index contributed by atoms with van der Waals surface area (Å²) in [5.74, 6) is 0.197. The second kappa shape index (κ2) is 8.22. The Balaban J connectivity index is 1.58. The van der Waals surface area contributed by atoms with Crippen LogP contribution in [0.5, 0.6) is 0 Å². The van der Waals surface area contributed by atoms with Crippen LogP contribution in [0.25, 0.3) is 0 Å². The standard InChI is InChI=1S/C18H25ClN4O3/c1-14-4-2-3-7-22(14)18(24)13-20-8-10-21(11-9-20)16-6-5-15(19)12-17(16)23(25)26/h5-6,12,14H,2-4,7-11,13H2,1H3/t14-/m1/s1. The molecule has 0 unspecified atom stereocenters. The van der Waals surface area contributed by atoms with E-state index < -0.39 is 4.92 Å². The zero-order chi connectivity index (χ0) is 18.7. The van der Waals surface area contributed by atoms with Gasteiger partial charge >= 0.3 is 0 Å². The fraction of sp³-hybridized carbons (Fsp3) is 0.611. The third-order valence-electron chi connectivity index (χ3n) is 5.33. The average molecular weight is 381 g/mol. The quantitative estimate of drug-likeness (QED) is 0.593. The first-order valence-electron chi connectivity index (χ1n) is 9.16. The van der Waals surface area contributed by atoms with Crippen LogP contribution in [-0.2, 0) is 4.79 Å². The van der Waals surface area contributed by atoms with Crippen molar-refractivity contribution in [1.29, 1.82) is 0 Å². The number of hydrogen-bond donors (Lipinski definition) is 0. The lowest BCUT2D eigenvalue weighted by molar-refractivity contribution is -0.384. The Morgan fingerprint density at radius 2 is 1.96 bits per heavy atom. The highest BCUT2D eigenvalue weighted by Crippen LogP contribution is 2.31. The van der Waals surface area contributed by atoms with Crippen LogP contribution in [0.4, 0.5) is 11.4 Å². The maximum absolute atomic E-state index is 12.6. The van der Waals surface area contributed by atoms with Crippen molar-refractivity contribution in [3.63, 3.8) is 0 Å². The maximum Gasteiger partial charge on any atom is 0.294 e. The lowest BCUT2D eigenvalue weighted by Crippen LogP contribution is -2.52. The monoisotopic (exact) mass is 380 g/mol. The van der Waals surface area contributed by atoms with Gasteiger partial charge in [0.15, 0.2) is 0 Å². The molecule has 0 aliphatic carbocycles. The van der Waals surface area contributed by atoms with Gasteiger partial charge < -0.3 is 9.80 Å². The molecule has 2 heterocycles. The minimum absolute atomic E-state index is 0.0316. The van der Waals surface area contributed by atoms with E-state index in [9.17, 15) is 14.9 Å². The van der Waals surface area contributed by atoms with Crippen LogP contribution in [0.2, 0.25) is 5.02 Å². The van der Waals surface area contributed by atoms with Gasteiger partial charge in [0.25, 0.3) is 5.69 Å². The molecule has 0 radical (unpaired) electrons. The Bertz CT molecular complexity index is 676. The Kier molecular flexibility index (Phi) is 5.98. The number of nitro benzene ring substituents is 1. The number of carbonyl (C=O) groups excluding carboxylic acids is 1. The first-order valence-corrected chi connectivity index (χ1v) is 9.54. The molecule has 0 spiro atoms. The van der Waals surface area contributed by atoms with Crippen LogP contribution in [-0.4, -0.2) is 65.9 Å². The first kappa shape index (κ1) is 18.9. The molecule has 3 rings (SSSR count). The Hall–Kier alpha value is -1.86. The number of likely N-dealkylation sites (tertiary alicyclic amines) is 1. The van der Waals surface area contributed by atoms with Gasteiger partial charge in [-0.05, 0) is 38.3 Å². The Labute approximate surface area is 158 Å². The van der Waals surface area contributed by atoms with Gasteiger partial charge in [0.1, 0.15) is 5.69 Å². The third kappa shape index (κ3) is 4.27. The van der Waals surface area contributed by atoms with E-state index in [1.165, 1.54) is 12.5 Å². The molecule has 1 aromatic carbocycles. The molecule has 142 valence electrons. The van der Waals surface area contributed by atoms with Crippen molar-refractivity contribution in [1.82, 2.24) is 9.80 Å². The van der Waals surface area contributed by atoms with E-state index in [0.717, 1.165) is 19.4 Å². The van der Waals surface area contributed by atoms with Crippen molar-refractivity contribution < 1.29 is 9.72 Å².